The second kappa shape index (κ2) is 6.50. The third-order valence-electron chi connectivity index (χ3n) is 5.60. The van der Waals surface area contributed by atoms with Gasteiger partial charge in [-0.3, -0.25) is 0 Å². The summed E-state index contributed by atoms with van der Waals surface area (Å²) in [6.45, 7) is 8.32. The fourth-order valence-electron chi connectivity index (χ4n) is 4.22. The van der Waals surface area contributed by atoms with Gasteiger partial charge >= 0.3 is 0 Å². The van der Waals surface area contributed by atoms with Crippen LogP contribution in [0.3, 0.4) is 0 Å². The molecule has 0 radical (unpaired) electrons. The Morgan fingerprint density at radius 1 is 1.05 bits per heavy atom. The molecule has 3 rings (SSSR count). The Bertz CT molecular complexity index is 439. The maximum Gasteiger partial charge on any atom is 0.0446 e. The van der Waals surface area contributed by atoms with Gasteiger partial charge < -0.3 is 10.2 Å². The van der Waals surface area contributed by atoms with E-state index < -0.39 is 0 Å². The van der Waals surface area contributed by atoms with E-state index >= 15 is 0 Å². The second-order valence-electron chi connectivity index (χ2n) is 7.33. The predicted molar refractivity (Wildman–Crippen MR) is 89.6 cm³/mol. The molecule has 3 atom stereocenters. The number of hydrogen-bond donors (Lipinski definition) is 1. The van der Waals surface area contributed by atoms with Crippen LogP contribution >= 0.6 is 0 Å². The highest BCUT2D eigenvalue weighted by Crippen LogP contribution is 2.38. The summed E-state index contributed by atoms with van der Waals surface area (Å²) in [5.41, 5.74) is 2.86. The van der Waals surface area contributed by atoms with Gasteiger partial charge in [-0.05, 0) is 48.8 Å². The number of nitrogens with zero attached hydrogens (tertiary/aromatic N) is 1. The SMILES string of the molecule is CNC(CN1CC2CCCC2C1)c1ccc(C(C)C)cc1. The van der Waals surface area contributed by atoms with Crippen molar-refractivity contribution in [1.82, 2.24) is 10.2 Å². The van der Waals surface area contributed by atoms with Crippen molar-refractivity contribution >= 4 is 0 Å². The molecule has 0 spiro atoms. The standard InChI is InChI=1S/C19H30N2/c1-14(2)15-7-9-16(10-8-15)19(20-3)13-21-11-17-5-4-6-18(17)12-21/h7-10,14,17-20H,4-6,11-13H2,1-3H3. The highest BCUT2D eigenvalue weighted by atomic mass is 15.2. The minimum Gasteiger partial charge on any atom is -0.312 e. The van der Waals surface area contributed by atoms with E-state index in [4.69, 9.17) is 0 Å². The van der Waals surface area contributed by atoms with Crippen molar-refractivity contribution in [3.63, 3.8) is 0 Å². The number of rotatable bonds is 5. The molecule has 21 heavy (non-hydrogen) atoms. The highest BCUT2D eigenvalue weighted by molar-refractivity contribution is 5.27. The van der Waals surface area contributed by atoms with E-state index in [-0.39, 0.29) is 0 Å². The molecule has 0 amide bonds. The quantitative estimate of drug-likeness (QED) is 0.885. The van der Waals surface area contributed by atoms with Crippen molar-refractivity contribution in [3.05, 3.63) is 35.4 Å². The minimum atomic E-state index is 0.463. The van der Waals surface area contributed by atoms with Crippen molar-refractivity contribution < 1.29 is 0 Å². The van der Waals surface area contributed by atoms with Gasteiger partial charge in [-0.15, -0.1) is 0 Å². The Hall–Kier alpha value is -0.860. The van der Waals surface area contributed by atoms with E-state index in [9.17, 15) is 0 Å². The molecule has 1 heterocycles. The number of hydrogen-bond acceptors (Lipinski definition) is 2. The van der Waals surface area contributed by atoms with Crippen LogP contribution in [0.2, 0.25) is 0 Å². The molecular formula is C19H30N2. The molecule has 2 fully saturated rings. The highest BCUT2D eigenvalue weighted by Gasteiger charge is 2.36. The van der Waals surface area contributed by atoms with E-state index in [0.29, 0.717) is 12.0 Å². The van der Waals surface area contributed by atoms with Gasteiger partial charge in [0.2, 0.25) is 0 Å². The Labute approximate surface area is 129 Å². The Kier molecular flexibility index (Phi) is 4.66. The molecule has 1 saturated heterocycles. The molecular weight excluding hydrogens is 256 g/mol. The summed E-state index contributed by atoms with van der Waals surface area (Å²) in [7, 11) is 2.10. The normalized spacial score (nSPS) is 27.2. The summed E-state index contributed by atoms with van der Waals surface area (Å²) in [6, 6.07) is 9.68. The van der Waals surface area contributed by atoms with Crippen LogP contribution in [-0.4, -0.2) is 31.6 Å². The first-order chi connectivity index (χ1) is 10.2. The first kappa shape index (κ1) is 15.1. The van der Waals surface area contributed by atoms with Gasteiger partial charge in [0.25, 0.3) is 0 Å². The Morgan fingerprint density at radius 2 is 1.62 bits per heavy atom. The van der Waals surface area contributed by atoms with Crippen molar-refractivity contribution in [1.29, 1.82) is 0 Å². The fraction of sp³-hybridized carbons (Fsp3) is 0.684. The largest absolute Gasteiger partial charge is 0.312 e. The second-order valence-corrected chi connectivity index (χ2v) is 7.33. The lowest BCUT2D eigenvalue weighted by atomic mass is 9.99. The number of likely N-dealkylation sites (N-methyl/N-ethyl adjacent to an activating group) is 1. The van der Waals surface area contributed by atoms with Crippen LogP contribution in [0.25, 0.3) is 0 Å². The zero-order valence-corrected chi connectivity index (χ0v) is 13.8. The lowest BCUT2D eigenvalue weighted by Crippen LogP contribution is -2.33. The average Bonchev–Trinajstić information content (AvgIpc) is 3.06. The van der Waals surface area contributed by atoms with Crippen molar-refractivity contribution in [2.75, 3.05) is 26.7 Å². The fourth-order valence-corrected chi connectivity index (χ4v) is 4.22. The molecule has 1 aromatic rings. The molecule has 0 aromatic heterocycles. The summed E-state index contributed by atoms with van der Waals surface area (Å²) >= 11 is 0. The molecule has 3 unspecified atom stereocenters. The predicted octanol–water partition coefficient (Wildman–Crippen LogP) is 3.80. The molecule has 1 aromatic carbocycles. The molecule has 2 aliphatic rings. The first-order valence-corrected chi connectivity index (χ1v) is 8.67. The zero-order valence-electron chi connectivity index (χ0n) is 13.8. The number of likely N-dealkylation sites (tertiary alicyclic amines) is 1. The van der Waals surface area contributed by atoms with Crippen LogP contribution in [0.4, 0.5) is 0 Å². The third-order valence-corrected chi connectivity index (χ3v) is 5.60. The van der Waals surface area contributed by atoms with Crippen LogP contribution in [0, 0.1) is 11.8 Å². The monoisotopic (exact) mass is 286 g/mol. The maximum absolute atomic E-state index is 3.52. The lowest BCUT2D eigenvalue weighted by Gasteiger charge is -2.25. The molecule has 1 saturated carbocycles. The number of benzene rings is 1. The van der Waals surface area contributed by atoms with Crippen LogP contribution in [0.15, 0.2) is 24.3 Å². The van der Waals surface area contributed by atoms with Gasteiger partial charge in [0.05, 0.1) is 0 Å². The van der Waals surface area contributed by atoms with E-state index in [1.807, 2.05) is 0 Å². The minimum absolute atomic E-state index is 0.463. The summed E-state index contributed by atoms with van der Waals surface area (Å²) in [4.78, 5) is 2.69. The zero-order chi connectivity index (χ0) is 14.8. The average molecular weight is 286 g/mol. The maximum atomic E-state index is 3.52. The van der Waals surface area contributed by atoms with Crippen LogP contribution in [0.1, 0.15) is 56.2 Å². The van der Waals surface area contributed by atoms with E-state index in [2.05, 4.69) is 55.4 Å². The van der Waals surface area contributed by atoms with Crippen LogP contribution < -0.4 is 5.32 Å². The van der Waals surface area contributed by atoms with Crippen molar-refractivity contribution in [2.24, 2.45) is 11.8 Å². The molecule has 2 heteroatoms. The smallest absolute Gasteiger partial charge is 0.0446 e. The summed E-state index contributed by atoms with van der Waals surface area (Å²) < 4.78 is 0. The van der Waals surface area contributed by atoms with Crippen LogP contribution in [0.5, 0.6) is 0 Å². The first-order valence-electron chi connectivity index (χ1n) is 8.67. The van der Waals surface area contributed by atoms with Gasteiger partial charge in [0, 0.05) is 25.7 Å². The summed E-state index contributed by atoms with van der Waals surface area (Å²) in [5.74, 6) is 2.60. The van der Waals surface area contributed by atoms with Gasteiger partial charge in [0.1, 0.15) is 0 Å². The number of nitrogens with one attached hydrogen (secondary N) is 1. The van der Waals surface area contributed by atoms with Crippen LogP contribution in [-0.2, 0) is 0 Å². The topological polar surface area (TPSA) is 15.3 Å². The molecule has 1 aliphatic heterocycles. The van der Waals surface area contributed by atoms with Gasteiger partial charge in [-0.2, -0.15) is 0 Å². The molecule has 1 aliphatic carbocycles. The lowest BCUT2D eigenvalue weighted by molar-refractivity contribution is 0.278. The van der Waals surface area contributed by atoms with Crippen molar-refractivity contribution in [2.45, 2.75) is 45.1 Å². The summed E-state index contributed by atoms with van der Waals surface area (Å²) in [6.07, 6.45) is 4.40. The molecule has 1 N–H and O–H groups in total. The molecule has 116 valence electrons. The van der Waals surface area contributed by atoms with Gasteiger partial charge in [-0.25, -0.2) is 0 Å². The Balaban J connectivity index is 1.62. The Morgan fingerprint density at radius 3 is 2.14 bits per heavy atom. The summed E-state index contributed by atoms with van der Waals surface area (Å²) in [5, 5.41) is 3.52. The van der Waals surface area contributed by atoms with E-state index in [0.717, 1.165) is 18.4 Å². The third kappa shape index (κ3) is 3.32. The van der Waals surface area contributed by atoms with E-state index in [1.54, 1.807) is 0 Å². The molecule has 2 nitrogen and oxygen atoms in total. The number of fused-ring (bicyclic) bond motifs is 1. The van der Waals surface area contributed by atoms with Crippen molar-refractivity contribution in [3.8, 4) is 0 Å². The van der Waals surface area contributed by atoms with Gasteiger partial charge in [0.15, 0.2) is 0 Å². The van der Waals surface area contributed by atoms with Gasteiger partial charge in [-0.1, -0.05) is 44.5 Å². The molecule has 0 bridgehead atoms. The van der Waals surface area contributed by atoms with E-state index in [1.165, 1.54) is 43.5 Å².